The zero-order valence-corrected chi connectivity index (χ0v) is 89.2. The number of halogens is 5. The number of rotatable bonds is 31. The smallest absolute Gasteiger partial charge is 0.426 e. The second-order valence-corrected chi connectivity index (χ2v) is 43.5. The van der Waals surface area contributed by atoms with E-state index in [1.165, 1.54) is 93.9 Å². The molecule has 40 heteroatoms. The highest BCUT2D eigenvalue weighted by atomic mass is 35.5. The van der Waals surface area contributed by atoms with Crippen LogP contribution in [0.4, 0.5) is 13.2 Å². The third-order valence-corrected chi connectivity index (χ3v) is 35.1. The van der Waals surface area contributed by atoms with Crippen molar-refractivity contribution in [3.05, 3.63) is 248 Å². The highest BCUT2D eigenvalue weighted by Crippen LogP contribution is 2.49. The van der Waals surface area contributed by atoms with Crippen molar-refractivity contribution in [2.75, 3.05) is 206 Å². The molecule has 5 aliphatic heterocycles. The van der Waals surface area contributed by atoms with E-state index in [-0.39, 0.29) is 44.5 Å². The van der Waals surface area contributed by atoms with E-state index in [2.05, 4.69) is 74.1 Å². The average Bonchev–Trinajstić information content (AvgIpc) is 1.56. The summed E-state index contributed by atoms with van der Waals surface area (Å²) in [5.74, 6) is 2.57. The van der Waals surface area contributed by atoms with Crippen molar-refractivity contribution in [1.29, 1.82) is 0 Å². The van der Waals surface area contributed by atoms with Crippen molar-refractivity contribution >= 4 is 164 Å². The molecule has 29 nitrogen and oxygen atoms in total. The fourth-order valence-electron chi connectivity index (χ4n) is 18.2. The van der Waals surface area contributed by atoms with Crippen LogP contribution in [0.2, 0.25) is 10.2 Å². The first-order chi connectivity index (χ1) is 69.8. The van der Waals surface area contributed by atoms with Crippen LogP contribution in [0.3, 0.4) is 0 Å². The second kappa shape index (κ2) is 48.3. The van der Waals surface area contributed by atoms with Crippen molar-refractivity contribution in [3.8, 4) is 29.0 Å². The van der Waals surface area contributed by atoms with Crippen LogP contribution in [0.1, 0.15) is 106 Å². The number of hydrogen-bond acceptors (Lipinski definition) is 29. The fraction of sp³-hybridized carbons (Fsp3) is 0.410. The van der Waals surface area contributed by atoms with Crippen LogP contribution in [0.15, 0.2) is 152 Å². The molecule has 0 aliphatic carbocycles. The number of pyridine rings is 2. The highest BCUT2D eigenvalue weighted by Gasteiger charge is 2.57. The first-order valence-corrected chi connectivity index (χ1v) is 54.3. The van der Waals surface area contributed by atoms with Gasteiger partial charge in [-0.15, -0.1) is 56.7 Å². The number of aryl methyl sites for hydroxylation is 5. The maximum atomic E-state index is 14.2. The van der Waals surface area contributed by atoms with Gasteiger partial charge in [0.1, 0.15) is 46.6 Å². The Labute approximate surface area is 869 Å². The molecule has 1 N–H and O–H groups in total. The summed E-state index contributed by atoms with van der Waals surface area (Å²) < 4.78 is 131. The molecule has 17 heterocycles. The molecule has 3 aromatic carbocycles. The number of nitrogens with zero attached hydrogens (tertiary/aromatic N) is 12. The second-order valence-electron chi connectivity index (χ2n) is 35.7. The molecule has 1 unspecified atom stereocenters. The molecule has 5 fully saturated rings. The summed E-state index contributed by atoms with van der Waals surface area (Å²) in [6, 6.07) is 43.4. The molecule has 5 aliphatic rings. The number of fused-ring (bicyclic) bond motifs is 5. The lowest BCUT2D eigenvalue weighted by Crippen LogP contribution is -2.42. The SMILES string of the molecule is COc1ccc(C(=O)c2cc3c(Cl)c(C)n(CCN4CCOCC4)c3s2)cc1.COc1ccc(C(=O)c2cc3cc(C)n(CCN4CCOCC4)c3s2)c(C)n1.COc1ccc(C(=O)c2cc3cc(C)n(CCN4CCOCC4)c3s2)c(Cl)n1.COc1ccc(C(=O)c2cc3cc(C)n(S(=O)(=O)CCN4CCOCC4)c3s2)cc1.COc1ccc(C(O)(c2cc3cc(C)n(CCN4CCOCC4)c3s2)C(F)(F)F)cc1. The standard InChI is InChI=1S/C22H25F3N2O3S.C21H23ClN2O3S.C21H25N3O3S.C21H24N2O5S2.C20H22ClN3O3S/c1-15-13-16-14-19(31-20(16)27(15)8-7-26-9-11-30-12-10-26)21(28,22(23,24)25)17-3-5-18(29-2)6-4-17;1-14-19(22)17-13-18(20(25)15-3-5-16(26-2)6-4-15)28-21(17)24(14)8-7-23-9-11-27-12-10-23;1-14-12-16-13-18(20(25)17-4-5-19(26-3)22-15(17)2)28-21(16)24(14)7-6-23-8-10-27-11-9-23;1-15-13-17-14-19(20(24)16-3-5-18(27-2)6-4-16)29-21(17)23(15)30(25,26)12-9-22-7-10-28-11-8-22;1-13-11-14-12-16(18(25)15-3-4-17(26-2)22-19(15)21)28-20(14)24(13)6-5-23-7-9-27-10-8-23/h3-6,13-14,28H,7-12H2,1-2H3;3-6,13H,7-12H2,1-2H3;4-5,12-13H,6-11H2,1-3H3;3-6,13-14H,7-12H2,1-2H3;3-4,11-12H,5-10H2,1-2H3. The molecule has 5 saturated heterocycles. The average molecular weight is 2140 g/mol. The maximum absolute atomic E-state index is 14.2. The molecule has 772 valence electrons. The van der Waals surface area contributed by atoms with Gasteiger partial charge in [0.05, 0.1) is 148 Å². The number of alkyl halides is 3. The molecular formula is C105H119Cl2F3N12O17S6. The molecule has 15 aromatic rings. The Balaban J connectivity index is 0.000000130. The van der Waals surface area contributed by atoms with Crippen LogP contribution >= 0.6 is 79.9 Å². The van der Waals surface area contributed by atoms with Crippen molar-refractivity contribution < 1.29 is 93.2 Å². The molecule has 0 saturated carbocycles. The summed E-state index contributed by atoms with van der Waals surface area (Å²) in [7, 11) is 4.18. The monoisotopic (exact) mass is 2140 g/mol. The number of carbonyl (C=O) groups is 4. The number of aromatic nitrogens is 7. The van der Waals surface area contributed by atoms with Crippen molar-refractivity contribution in [1.82, 2.24) is 56.7 Å². The van der Waals surface area contributed by atoms with Gasteiger partial charge in [0.2, 0.25) is 50.5 Å². The summed E-state index contributed by atoms with van der Waals surface area (Å²) in [5.41, 5.74) is 4.71. The minimum absolute atomic E-state index is 0.0114. The van der Waals surface area contributed by atoms with Gasteiger partial charge in [0.25, 0.3) is 0 Å². The zero-order valence-electron chi connectivity index (χ0n) is 82.8. The number of methoxy groups -OCH3 is 5. The third kappa shape index (κ3) is 25.0. The molecule has 145 heavy (non-hydrogen) atoms. The molecule has 1 atom stereocenters. The summed E-state index contributed by atoms with van der Waals surface area (Å²) in [5, 5.41) is 16.5. The predicted molar refractivity (Wildman–Crippen MR) is 566 cm³/mol. The molecular weight excluding hydrogens is 2020 g/mol. The Bertz CT molecular complexity index is 6990. The van der Waals surface area contributed by atoms with Gasteiger partial charge in [-0.25, -0.2) is 22.4 Å². The Morgan fingerprint density at radius 2 is 0.731 bits per heavy atom. The lowest BCUT2D eigenvalue weighted by atomic mass is 9.91. The van der Waals surface area contributed by atoms with Gasteiger partial charge < -0.3 is 70.7 Å². The summed E-state index contributed by atoms with van der Waals surface area (Å²) in [6.07, 6.45) is -4.88. The summed E-state index contributed by atoms with van der Waals surface area (Å²) in [6.45, 7) is 35.9. The minimum Gasteiger partial charge on any atom is -0.497 e. The summed E-state index contributed by atoms with van der Waals surface area (Å²) >= 11 is 19.6. The van der Waals surface area contributed by atoms with Crippen molar-refractivity contribution in [2.45, 2.75) is 79.5 Å². The molecule has 0 spiro atoms. The van der Waals surface area contributed by atoms with Crippen LogP contribution in [-0.2, 0) is 65.5 Å². The first kappa shape index (κ1) is 107. The third-order valence-electron chi connectivity index (χ3n) is 26.5. The topological polar surface area (TPSA) is 282 Å². The Morgan fingerprint density at radius 3 is 1.14 bits per heavy atom. The summed E-state index contributed by atoms with van der Waals surface area (Å²) in [4.78, 5) is 79.0. The quantitative estimate of drug-likeness (QED) is 0.0312. The molecule has 0 amide bonds. The number of benzene rings is 3. The lowest BCUT2D eigenvalue weighted by Gasteiger charge is -2.30. The predicted octanol–water partition coefficient (Wildman–Crippen LogP) is 18.1. The number of hydrogen-bond donors (Lipinski definition) is 1. The van der Waals surface area contributed by atoms with Crippen molar-refractivity contribution in [3.63, 3.8) is 0 Å². The van der Waals surface area contributed by atoms with E-state index in [1.807, 2.05) is 55.7 Å². The van der Waals surface area contributed by atoms with E-state index < -0.39 is 21.8 Å². The Hall–Kier alpha value is -10.3. The van der Waals surface area contributed by atoms with Crippen LogP contribution in [0.5, 0.6) is 29.0 Å². The number of aliphatic hydroxyl groups is 1. The van der Waals surface area contributed by atoms with E-state index in [9.17, 15) is 45.9 Å². The highest BCUT2D eigenvalue weighted by molar-refractivity contribution is 7.90. The maximum Gasteiger partial charge on any atom is 0.426 e. The number of morpholine rings is 5. The fourth-order valence-corrected chi connectivity index (χ4v) is 26.7. The van der Waals surface area contributed by atoms with Crippen LogP contribution in [0, 0.1) is 41.5 Å². The van der Waals surface area contributed by atoms with Gasteiger partial charge in [-0.1, -0.05) is 35.3 Å². The van der Waals surface area contributed by atoms with Gasteiger partial charge in [-0.05, 0) is 174 Å². The minimum atomic E-state index is -4.88. The van der Waals surface area contributed by atoms with E-state index in [1.54, 1.807) is 118 Å². The van der Waals surface area contributed by atoms with Crippen LogP contribution in [0.25, 0.3) is 51.1 Å². The largest absolute Gasteiger partial charge is 0.497 e. The number of ether oxygens (including phenoxy) is 10. The number of thiophene rings is 5. The number of ketones is 4. The van der Waals surface area contributed by atoms with Gasteiger partial charge >= 0.3 is 6.18 Å². The normalized spacial score (nSPS) is 15.8. The van der Waals surface area contributed by atoms with Crippen LogP contribution in [-0.4, -0.2) is 305 Å². The molecule has 0 radical (unpaired) electrons. The van der Waals surface area contributed by atoms with Gasteiger partial charge in [-0.2, -0.15) is 13.2 Å². The van der Waals surface area contributed by atoms with E-state index in [4.69, 9.17) is 70.6 Å². The van der Waals surface area contributed by atoms with Gasteiger partial charge in [0, 0.05) is 209 Å². The van der Waals surface area contributed by atoms with E-state index in [0.29, 0.717) is 121 Å². The molecule has 20 rings (SSSR count). The Kier molecular flexibility index (Phi) is 35.8. The zero-order chi connectivity index (χ0) is 103. The number of carbonyl (C=O) groups excluding carboxylic acids is 4. The van der Waals surface area contributed by atoms with Gasteiger partial charge in [0.15, 0.2) is 0 Å². The molecule has 0 bridgehead atoms. The van der Waals surface area contributed by atoms with E-state index in [0.717, 1.165) is 230 Å². The van der Waals surface area contributed by atoms with Crippen LogP contribution < -0.4 is 23.7 Å². The molecule has 12 aromatic heterocycles. The van der Waals surface area contributed by atoms with Crippen molar-refractivity contribution in [2.24, 2.45) is 0 Å². The van der Waals surface area contributed by atoms with Gasteiger partial charge in [-0.3, -0.25) is 43.7 Å². The lowest BCUT2D eigenvalue weighted by molar-refractivity contribution is -0.247. The Morgan fingerprint density at radius 1 is 0.386 bits per heavy atom. The first-order valence-electron chi connectivity index (χ1n) is 47.9. The van der Waals surface area contributed by atoms with E-state index >= 15 is 0 Å².